The van der Waals surface area contributed by atoms with Gasteiger partial charge in [0.15, 0.2) is 22.5 Å². The minimum atomic E-state index is -0.432. The van der Waals surface area contributed by atoms with Crippen LogP contribution in [0.1, 0.15) is 38.6 Å². The van der Waals surface area contributed by atoms with Gasteiger partial charge < -0.3 is 14.8 Å². The smallest absolute Gasteiger partial charge is 0.233 e. The fraction of sp³-hybridized carbons (Fsp3) is 0.526. The van der Waals surface area contributed by atoms with Gasteiger partial charge in [0.05, 0.1) is 17.9 Å². The van der Waals surface area contributed by atoms with Gasteiger partial charge in [0.2, 0.25) is 5.91 Å². The number of nitrogens with zero attached hydrogens (tertiary/aromatic N) is 3. The van der Waals surface area contributed by atoms with E-state index in [9.17, 15) is 9.18 Å². The highest BCUT2D eigenvalue weighted by molar-refractivity contribution is 8.00. The van der Waals surface area contributed by atoms with Crippen LogP contribution in [0.3, 0.4) is 0 Å². The Morgan fingerprint density at radius 3 is 2.79 bits per heavy atom. The summed E-state index contributed by atoms with van der Waals surface area (Å²) in [5.41, 5.74) is 0. The number of carbonyl (C=O) groups excluding carboxylic acids is 1. The number of methoxy groups -OCH3 is 1. The van der Waals surface area contributed by atoms with Crippen LogP contribution in [0.4, 0.5) is 4.39 Å². The van der Waals surface area contributed by atoms with Crippen LogP contribution in [0.5, 0.6) is 5.75 Å². The predicted octanol–water partition coefficient (Wildman–Crippen LogP) is 2.96. The number of thioether (sulfide) groups is 1. The zero-order valence-electron chi connectivity index (χ0n) is 16.2. The number of aromatic nitrogens is 3. The molecule has 1 amide bonds. The number of carbonyl (C=O) groups is 1. The number of benzene rings is 1. The highest BCUT2D eigenvalue weighted by Crippen LogP contribution is 2.28. The standard InChI is InChI=1S/C19H25FN4O3S/c1-12(10-26-3)24-17(11-27-16-7-5-4-6-15(16)20)22-23-19(24)28-13(2)18(25)21-14-8-9-14/h4-7,12-14H,8-11H2,1-3H3,(H,21,25)/t12-,13-/m1/s1. The largest absolute Gasteiger partial charge is 0.483 e. The quantitative estimate of drug-likeness (QED) is 0.609. The molecule has 152 valence electrons. The molecule has 2 atom stereocenters. The van der Waals surface area contributed by atoms with Gasteiger partial charge in [-0.15, -0.1) is 10.2 Å². The SMILES string of the molecule is COC[C@@H](C)n1c(COc2ccccc2F)nnc1S[C@H](C)C(=O)NC1CC1. The van der Waals surface area contributed by atoms with Gasteiger partial charge >= 0.3 is 0 Å². The first-order chi connectivity index (χ1) is 13.5. The number of rotatable bonds is 10. The summed E-state index contributed by atoms with van der Waals surface area (Å²) in [7, 11) is 1.62. The first-order valence-corrected chi connectivity index (χ1v) is 10.1. The molecule has 0 spiro atoms. The minimum absolute atomic E-state index is 0.00870. The maximum absolute atomic E-state index is 13.8. The zero-order chi connectivity index (χ0) is 20.1. The van der Waals surface area contributed by atoms with Crippen molar-refractivity contribution in [1.29, 1.82) is 0 Å². The van der Waals surface area contributed by atoms with Crippen molar-refractivity contribution >= 4 is 17.7 Å². The first kappa shape index (κ1) is 20.6. The lowest BCUT2D eigenvalue weighted by atomic mass is 10.3. The van der Waals surface area contributed by atoms with Crippen molar-refractivity contribution in [3.8, 4) is 5.75 Å². The summed E-state index contributed by atoms with van der Waals surface area (Å²) in [6.45, 7) is 4.32. The van der Waals surface area contributed by atoms with Gasteiger partial charge in [-0.3, -0.25) is 9.36 Å². The highest BCUT2D eigenvalue weighted by atomic mass is 32.2. The Kier molecular flexibility index (Phi) is 6.90. The number of halogens is 1. The van der Waals surface area contributed by atoms with Gasteiger partial charge in [0.1, 0.15) is 6.61 Å². The lowest BCUT2D eigenvalue weighted by Gasteiger charge is -2.19. The molecule has 1 aliphatic carbocycles. The summed E-state index contributed by atoms with van der Waals surface area (Å²) in [6.07, 6.45) is 2.09. The molecule has 7 nitrogen and oxygen atoms in total. The van der Waals surface area contributed by atoms with E-state index in [1.165, 1.54) is 17.8 Å². The number of nitrogens with one attached hydrogen (secondary N) is 1. The van der Waals surface area contributed by atoms with Crippen LogP contribution >= 0.6 is 11.8 Å². The Labute approximate surface area is 168 Å². The second-order valence-corrected chi connectivity index (χ2v) is 8.14. The average Bonchev–Trinajstić information content (AvgIpc) is 3.39. The summed E-state index contributed by atoms with van der Waals surface area (Å²) in [4.78, 5) is 12.3. The lowest BCUT2D eigenvalue weighted by Crippen LogP contribution is -2.32. The van der Waals surface area contributed by atoms with E-state index in [0.717, 1.165) is 12.8 Å². The second kappa shape index (κ2) is 9.38. The van der Waals surface area contributed by atoms with Gasteiger partial charge in [0, 0.05) is 13.2 Å². The normalized spacial score (nSPS) is 15.9. The molecule has 1 aromatic heterocycles. The van der Waals surface area contributed by atoms with Crippen molar-refractivity contribution in [3.05, 3.63) is 35.9 Å². The van der Waals surface area contributed by atoms with Crippen molar-refractivity contribution in [2.45, 2.75) is 55.8 Å². The Morgan fingerprint density at radius 2 is 2.11 bits per heavy atom. The fourth-order valence-electron chi connectivity index (χ4n) is 2.71. The van der Waals surface area contributed by atoms with E-state index in [-0.39, 0.29) is 29.6 Å². The molecule has 9 heteroatoms. The van der Waals surface area contributed by atoms with Gasteiger partial charge in [-0.1, -0.05) is 23.9 Å². The summed E-state index contributed by atoms with van der Waals surface area (Å²) in [5.74, 6) is 0.261. The van der Waals surface area contributed by atoms with Gasteiger partial charge in [-0.05, 0) is 38.8 Å². The number of hydrogen-bond donors (Lipinski definition) is 1. The van der Waals surface area contributed by atoms with Crippen molar-refractivity contribution in [2.75, 3.05) is 13.7 Å². The Morgan fingerprint density at radius 1 is 1.36 bits per heavy atom. The fourth-order valence-corrected chi connectivity index (χ4v) is 3.68. The number of hydrogen-bond acceptors (Lipinski definition) is 6. The number of ether oxygens (including phenoxy) is 2. The van der Waals surface area contributed by atoms with E-state index >= 15 is 0 Å². The maximum atomic E-state index is 13.8. The third-order valence-corrected chi connectivity index (χ3v) is 5.41. The molecule has 1 N–H and O–H groups in total. The summed E-state index contributed by atoms with van der Waals surface area (Å²) in [6, 6.07) is 6.46. The van der Waals surface area contributed by atoms with E-state index in [0.29, 0.717) is 23.6 Å². The van der Waals surface area contributed by atoms with Crippen LogP contribution in [-0.2, 0) is 16.1 Å². The lowest BCUT2D eigenvalue weighted by molar-refractivity contribution is -0.120. The third-order valence-electron chi connectivity index (χ3n) is 4.35. The van der Waals surface area contributed by atoms with Gasteiger partial charge in [0.25, 0.3) is 0 Å². The van der Waals surface area contributed by atoms with Crippen molar-refractivity contribution < 1.29 is 18.7 Å². The van der Waals surface area contributed by atoms with E-state index in [2.05, 4.69) is 15.5 Å². The zero-order valence-corrected chi connectivity index (χ0v) is 17.0. The molecule has 1 heterocycles. The van der Waals surface area contributed by atoms with E-state index < -0.39 is 5.82 Å². The van der Waals surface area contributed by atoms with Crippen LogP contribution in [0.2, 0.25) is 0 Å². The van der Waals surface area contributed by atoms with E-state index in [4.69, 9.17) is 9.47 Å². The molecule has 0 aliphatic heterocycles. The molecule has 1 saturated carbocycles. The average molecular weight is 408 g/mol. The molecule has 0 saturated heterocycles. The first-order valence-electron chi connectivity index (χ1n) is 9.26. The Bertz CT molecular complexity index is 812. The monoisotopic (exact) mass is 408 g/mol. The molecule has 1 aliphatic rings. The Balaban J connectivity index is 1.74. The molecule has 0 bridgehead atoms. The van der Waals surface area contributed by atoms with Crippen molar-refractivity contribution in [1.82, 2.24) is 20.1 Å². The summed E-state index contributed by atoms with van der Waals surface area (Å²) >= 11 is 1.34. The van der Waals surface area contributed by atoms with Crippen LogP contribution in [0.25, 0.3) is 0 Å². The molecular weight excluding hydrogens is 383 g/mol. The Hall–Kier alpha value is -2.13. The molecule has 0 radical (unpaired) electrons. The van der Waals surface area contributed by atoms with Gasteiger partial charge in [-0.2, -0.15) is 0 Å². The molecule has 1 fully saturated rings. The minimum Gasteiger partial charge on any atom is -0.483 e. The van der Waals surface area contributed by atoms with Crippen molar-refractivity contribution in [3.63, 3.8) is 0 Å². The van der Waals surface area contributed by atoms with Gasteiger partial charge in [-0.25, -0.2) is 4.39 Å². The molecule has 0 unspecified atom stereocenters. The van der Waals surface area contributed by atoms with E-state index in [1.54, 1.807) is 25.3 Å². The van der Waals surface area contributed by atoms with Crippen LogP contribution in [-0.4, -0.2) is 45.7 Å². The third kappa shape index (κ3) is 5.23. The molecule has 3 rings (SSSR count). The summed E-state index contributed by atoms with van der Waals surface area (Å²) < 4.78 is 26.6. The number of amides is 1. The van der Waals surface area contributed by atoms with Crippen LogP contribution < -0.4 is 10.1 Å². The molecule has 28 heavy (non-hydrogen) atoms. The topological polar surface area (TPSA) is 78.3 Å². The van der Waals surface area contributed by atoms with Crippen LogP contribution in [0.15, 0.2) is 29.4 Å². The van der Waals surface area contributed by atoms with Crippen LogP contribution in [0, 0.1) is 5.82 Å². The molecular formula is C19H25FN4O3S. The number of para-hydroxylation sites is 1. The van der Waals surface area contributed by atoms with Crippen molar-refractivity contribution in [2.24, 2.45) is 0 Å². The summed E-state index contributed by atoms with van der Waals surface area (Å²) in [5, 5.41) is 11.7. The maximum Gasteiger partial charge on any atom is 0.233 e. The van der Waals surface area contributed by atoms with E-state index in [1.807, 2.05) is 18.4 Å². The molecule has 2 aromatic rings. The predicted molar refractivity (Wildman–Crippen MR) is 104 cm³/mol. The highest BCUT2D eigenvalue weighted by Gasteiger charge is 2.28. The second-order valence-electron chi connectivity index (χ2n) is 6.84. The molecule has 1 aromatic carbocycles.